The Morgan fingerprint density at radius 1 is 1.38 bits per heavy atom. The highest BCUT2D eigenvalue weighted by Crippen LogP contribution is 2.33. The van der Waals surface area contributed by atoms with Crippen molar-refractivity contribution in [3.8, 4) is 0 Å². The number of Topliss-reactive ketones (excluding diaryl/α,β-unsaturated/α-hetero) is 1. The molecule has 1 aromatic rings. The lowest BCUT2D eigenvalue weighted by Gasteiger charge is -2.20. The van der Waals surface area contributed by atoms with Crippen LogP contribution in [-0.2, 0) is 11.3 Å². The van der Waals surface area contributed by atoms with Gasteiger partial charge >= 0.3 is 0 Å². The van der Waals surface area contributed by atoms with Gasteiger partial charge in [0.25, 0.3) is 0 Å². The van der Waals surface area contributed by atoms with Crippen LogP contribution in [0.1, 0.15) is 31.2 Å². The molecular weight excluding hydrogens is 218 g/mol. The zero-order valence-corrected chi connectivity index (χ0v) is 10.2. The fraction of sp³-hybridized carbons (Fsp3) is 0.615. The number of nitrogens with zero attached hydrogens (tertiary/aromatic N) is 1. The quantitative estimate of drug-likeness (QED) is 0.755. The minimum atomic E-state index is 0.406. The number of hydrogen-bond acceptors (Lipinski definition) is 3. The van der Waals surface area contributed by atoms with Crippen LogP contribution >= 0.6 is 11.3 Å². The van der Waals surface area contributed by atoms with Crippen LogP contribution in [0.2, 0.25) is 0 Å². The summed E-state index contributed by atoms with van der Waals surface area (Å²) in [4.78, 5) is 14.2. The third kappa shape index (κ3) is 2.53. The van der Waals surface area contributed by atoms with E-state index in [1.54, 1.807) is 11.3 Å². The van der Waals surface area contributed by atoms with Crippen LogP contribution in [0.3, 0.4) is 0 Å². The van der Waals surface area contributed by atoms with E-state index in [4.69, 9.17) is 0 Å². The Hall–Kier alpha value is -0.670. The van der Waals surface area contributed by atoms with Gasteiger partial charge in [0, 0.05) is 18.5 Å². The molecule has 0 spiro atoms. The molecule has 0 aromatic carbocycles. The molecule has 2 fully saturated rings. The van der Waals surface area contributed by atoms with Crippen molar-refractivity contribution >= 4 is 17.1 Å². The van der Waals surface area contributed by atoms with E-state index in [-0.39, 0.29) is 0 Å². The average Bonchev–Trinajstić information content (AvgIpc) is 3.17. The van der Waals surface area contributed by atoms with E-state index in [0.717, 1.165) is 19.4 Å². The van der Waals surface area contributed by atoms with Crippen LogP contribution < -0.4 is 0 Å². The summed E-state index contributed by atoms with van der Waals surface area (Å²) in [5.41, 5.74) is 1.36. The number of carbonyl (C=O) groups excluding carboxylic acids is 1. The van der Waals surface area contributed by atoms with E-state index in [1.807, 2.05) is 0 Å². The first-order valence-electron chi connectivity index (χ1n) is 6.11. The van der Waals surface area contributed by atoms with Crippen molar-refractivity contribution in [3.05, 3.63) is 22.4 Å². The number of carbonyl (C=O) groups is 1. The van der Waals surface area contributed by atoms with Gasteiger partial charge in [-0.15, -0.1) is 0 Å². The lowest BCUT2D eigenvalue weighted by Crippen LogP contribution is -2.32. The summed E-state index contributed by atoms with van der Waals surface area (Å²) >= 11 is 1.74. The minimum absolute atomic E-state index is 0.406. The number of hydrogen-bond donors (Lipinski definition) is 0. The summed E-state index contributed by atoms with van der Waals surface area (Å²) in [6.45, 7) is 1.65. The molecule has 16 heavy (non-hydrogen) atoms. The third-order valence-corrected chi connectivity index (χ3v) is 4.15. The molecule has 0 radical (unpaired) electrons. The van der Waals surface area contributed by atoms with Gasteiger partial charge in [0.15, 0.2) is 0 Å². The first-order valence-corrected chi connectivity index (χ1v) is 7.05. The maximum absolute atomic E-state index is 11.8. The topological polar surface area (TPSA) is 20.3 Å². The van der Waals surface area contributed by atoms with Gasteiger partial charge < -0.3 is 0 Å². The van der Waals surface area contributed by atoms with Crippen molar-refractivity contribution in [1.82, 2.24) is 4.90 Å². The van der Waals surface area contributed by atoms with Gasteiger partial charge in [-0.2, -0.15) is 11.3 Å². The molecule has 0 atom stereocenters. The van der Waals surface area contributed by atoms with Crippen LogP contribution in [0.5, 0.6) is 0 Å². The summed E-state index contributed by atoms with van der Waals surface area (Å²) in [6, 6.07) is 2.85. The second-order valence-electron chi connectivity index (χ2n) is 5.01. The highest BCUT2D eigenvalue weighted by molar-refractivity contribution is 7.07. The zero-order chi connectivity index (χ0) is 11.0. The molecule has 0 unspecified atom stereocenters. The zero-order valence-electron chi connectivity index (χ0n) is 9.39. The van der Waals surface area contributed by atoms with Gasteiger partial charge in [-0.05, 0) is 48.1 Å². The molecule has 1 heterocycles. The number of ketones is 1. The lowest BCUT2D eigenvalue weighted by atomic mass is 10.2. The molecule has 2 aliphatic rings. The largest absolute Gasteiger partial charge is 0.298 e. The van der Waals surface area contributed by atoms with E-state index >= 15 is 0 Å². The van der Waals surface area contributed by atoms with Crippen molar-refractivity contribution in [1.29, 1.82) is 0 Å². The van der Waals surface area contributed by atoms with Gasteiger partial charge in [-0.25, -0.2) is 0 Å². The molecular formula is C13H17NOS. The third-order valence-electron chi connectivity index (χ3n) is 3.42. The summed E-state index contributed by atoms with van der Waals surface area (Å²) < 4.78 is 0. The molecule has 0 amide bonds. The smallest absolute Gasteiger partial charge is 0.149 e. The maximum atomic E-state index is 11.8. The summed E-state index contributed by atoms with van der Waals surface area (Å²) in [6.07, 6.45) is 4.83. The second kappa shape index (κ2) is 4.30. The molecule has 86 valence electrons. The molecule has 0 aliphatic heterocycles. The van der Waals surface area contributed by atoms with E-state index in [2.05, 4.69) is 21.7 Å². The Labute approximate surface area is 100 Å². The highest BCUT2D eigenvalue weighted by Gasteiger charge is 2.35. The van der Waals surface area contributed by atoms with E-state index < -0.39 is 0 Å². The summed E-state index contributed by atoms with van der Waals surface area (Å²) in [7, 11) is 0. The van der Waals surface area contributed by atoms with Crippen molar-refractivity contribution in [2.24, 2.45) is 5.92 Å². The van der Waals surface area contributed by atoms with Crippen molar-refractivity contribution in [2.75, 3.05) is 6.54 Å². The van der Waals surface area contributed by atoms with Crippen LogP contribution in [0.15, 0.2) is 16.8 Å². The predicted molar refractivity (Wildman–Crippen MR) is 65.5 cm³/mol. The number of thiophene rings is 1. The van der Waals surface area contributed by atoms with Crippen molar-refractivity contribution in [3.63, 3.8) is 0 Å². The van der Waals surface area contributed by atoms with E-state index in [0.29, 0.717) is 24.3 Å². The van der Waals surface area contributed by atoms with Crippen LogP contribution in [0.25, 0.3) is 0 Å². The molecule has 1 aromatic heterocycles. The first kappa shape index (κ1) is 10.5. The highest BCUT2D eigenvalue weighted by atomic mass is 32.1. The molecule has 3 heteroatoms. The van der Waals surface area contributed by atoms with Crippen LogP contribution in [0, 0.1) is 5.92 Å². The molecule has 0 N–H and O–H groups in total. The van der Waals surface area contributed by atoms with Gasteiger partial charge in [0.2, 0.25) is 0 Å². The fourth-order valence-electron chi connectivity index (χ4n) is 2.11. The Balaban J connectivity index is 1.59. The maximum Gasteiger partial charge on any atom is 0.149 e. The van der Waals surface area contributed by atoms with E-state index in [9.17, 15) is 4.79 Å². The molecule has 2 aliphatic carbocycles. The monoisotopic (exact) mass is 235 g/mol. The van der Waals surface area contributed by atoms with E-state index in [1.165, 1.54) is 18.4 Å². The SMILES string of the molecule is O=C(CN(Cc1ccsc1)C1CC1)C1CC1. The Morgan fingerprint density at radius 2 is 2.19 bits per heavy atom. The Bertz CT molecular complexity index is 365. The number of rotatable bonds is 6. The molecule has 0 bridgehead atoms. The molecule has 0 saturated heterocycles. The fourth-order valence-corrected chi connectivity index (χ4v) is 2.77. The lowest BCUT2D eigenvalue weighted by molar-refractivity contribution is -0.121. The first-order chi connectivity index (χ1) is 7.83. The predicted octanol–water partition coefficient (Wildman–Crippen LogP) is 2.69. The second-order valence-corrected chi connectivity index (χ2v) is 5.79. The van der Waals surface area contributed by atoms with Gasteiger partial charge in [-0.1, -0.05) is 0 Å². The van der Waals surface area contributed by atoms with Crippen molar-refractivity contribution in [2.45, 2.75) is 38.3 Å². The van der Waals surface area contributed by atoms with Crippen molar-refractivity contribution < 1.29 is 4.79 Å². The molecule has 2 nitrogen and oxygen atoms in total. The average molecular weight is 235 g/mol. The minimum Gasteiger partial charge on any atom is -0.298 e. The summed E-state index contributed by atoms with van der Waals surface area (Å²) in [5.74, 6) is 0.880. The summed E-state index contributed by atoms with van der Waals surface area (Å²) in [5, 5.41) is 4.31. The Morgan fingerprint density at radius 3 is 2.75 bits per heavy atom. The molecule has 3 rings (SSSR count). The van der Waals surface area contributed by atoms with Gasteiger partial charge in [-0.3, -0.25) is 9.69 Å². The standard InChI is InChI=1S/C13H17NOS/c15-13(11-1-2-11)8-14(12-3-4-12)7-10-5-6-16-9-10/h5-6,9,11-12H,1-4,7-8H2. The van der Waals surface area contributed by atoms with Gasteiger partial charge in [0.1, 0.15) is 5.78 Å². The van der Waals surface area contributed by atoms with Crippen LogP contribution in [0.4, 0.5) is 0 Å². The van der Waals surface area contributed by atoms with Gasteiger partial charge in [0.05, 0.1) is 6.54 Å². The normalized spacial score (nSPS) is 20.3. The van der Waals surface area contributed by atoms with Crippen LogP contribution in [-0.4, -0.2) is 23.3 Å². The Kier molecular flexibility index (Phi) is 2.82. The molecule has 2 saturated carbocycles.